The van der Waals surface area contributed by atoms with E-state index >= 15 is 0 Å². The Balaban J connectivity index is 2.15. The maximum atomic E-state index is 3.90. The lowest BCUT2D eigenvalue weighted by Crippen LogP contribution is -2.45. The van der Waals surface area contributed by atoms with Crippen molar-refractivity contribution < 1.29 is 0 Å². The molecule has 0 unspecified atom stereocenters. The largest absolute Gasteiger partial charge is 0.314 e. The highest BCUT2D eigenvalue weighted by Crippen LogP contribution is 2.25. The third-order valence-electron chi connectivity index (χ3n) is 3.44. The summed E-state index contributed by atoms with van der Waals surface area (Å²) in [5, 5.41) is 3.40. The predicted molar refractivity (Wildman–Crippen MR) is 73.2 cm³/mol. The predicted octanol–water partition coefficient (Wildman–Crippen LogP) is 2.52. The van der Waals surface area contributed by atoms with Gasteiger partial charge in [-0.15, -0.1) is 6.58 Å². The molecule has 1 aromatic rings. The van der Waals surface area contributed by atoms with Crippen molar-refractivity contribution in [1.82, 2.24) is 10.2 Å². The molecule has 0 saturated carbocycles. The topological polar surface area (TPSA) is 15.3 Å². The van der Waals surface area contributed by atoms with Crippen molar-refractivity contribution in [1.29, 1.82) is 0 Å². The standard InChI is InChI=1S/C15H22N2/c1-3-4-15(17-11-9-16-10-12-17)14-7-5-13(2)6-8-14/h3,5-8,15-16H,1,4,9-12H2,2H3/t15-/m0/s1. The molecule has 2 nitrogen and oxygen atoms in total. The zero-order valence-corrected chi connectivity index (χ0v) is 10.7. The van der Waals surface area contributed by atoms with Gasteiger partial charge in [0.2, 0.25) is 0 Å². The van der Waals surface area contributed by atoms with Gasteiger partial charge in [-0.1, -0.05) is 35.9 Å². The number of benzene rings is 1. The van der Waals surface area contributed by atoms with Crippen LogP contribution in [0.1, 0.15) is 23.6 Å². The molecule has 0 aliphatic carbocycles. The highest BCUT2D eigenvalue weighted by Gasteiger charge is 2.20. The van der Waals surface area contributed by atoms with E-state index in [2.05, 4.69) is 48.0 Å². The van der Waals surface area contributed by atoms with Gasteiger partial charge in [0.25, 0.3) is 0 Å². The lowest BCUT2D eigenvalue weighted by molar-refractivity contribution is 0.174. The lowest BCUT2D eigenvalue weighted by atomic mass is 10.00. The van der Waals surface area contributed by atoms with Crippen LogP contribution in [0.3, 0.4) is 0 Å². The molecule has 0 spiro atoms. The fourth-order valence-electron chi connectivity index (χ4n) is 2.44. The molecule has 1 N–H and O–H groups in total. The van der Waals surface area contributed by atoms with Crippen LogP contribution in [0.25, 0.3) is 0 Å². The number of hydrogen-bond donors (Lipinski definition) is 1. The van der Waals surface area contributed by atoms with E-state index in [1.54, 1.807) is 0 Å². The van der Waals surface area contributed by atoms with Gasteiger partial charge in [-0.25, -0.2) is 0 Å². The molecule has 2 rings (SSSR count). The molecule has 1 heterocycles. The number of nitrogens with zero attached hydrogens (tertiary/aromatic N) is 1. The quantitative estimate of drug-likeness (QED) is 0.800. The number of aryl methyl sites for hydroxylation is 1. The summed E-state index contributed by atoms with van der Waals surface area (Å²) in [4.78, 5) is 2.56. The maximum Gasteiger partial charge on any atom is 0.0383 e. The average Bonchev–Trinajstić information content (AvgIpc) is 2.38. The summed E-state index contributed by atoms with van der Waals surface area (Å²) in [5.74, 6) is 0. The molecule has 2 heteroatoms. The van der Waals surface area contributed by atoms with Crippen molar-refractivity contribution in [3.8, 4) is 0 Å². The molecular formula is C15H22N2. The first-order valence-electron chi connectivity index (χ1n) is 6.43. The first kappa shape index (κ1) is 12.3. The summed E-state index contributed by atoms with van der Waals surface area (Å²) in [6, 6.07) is 9.41. The molecule has 1 fully saturated rings. The van der Waals surface area contributed by atoms with Crippen LogP contribution in [-0.4, -0.2) is 31.1 Å². The number of nitrogens with one attached hydrogen (secondary N) is 1. The van der Waals surface area contributed by atoms with Gasteiger partial charge >= 0.3 is 0 Å². The molecule has 0 amide bonds. The van der Waals surface area contributed by atoms with Gasteiger partial charge in [0, 0.05) is 32.2 Å². The zero-order chi connectivity index (χ0) is 12.1. The van der Waals surface area contributed by atoms with Crippen molar-refractivity contribution in [2.75, 3.05) is 26.2 Å². The number of rotatable bonds is 4. The Bertz CT molecular complexity index is 350. The molecule has 1 aromatic carbocycles. The van der Waals surface area contributed by atoms with E-state index in [4.69, 9.17) is 0 Å². The van der Waals surface area contributed by atoms with Gasteiger partial charge in [-0.3, -0.25) is 4.90 Å². The lowest BCUT2D eigenvalue weighted by Gasteiger charge is -2.34. The maximum absolute atomic E-state index is 3.90. The van der Waals surface area contributed by atoms with Crippen molar-refractivity contribution in [3.63, 3.8) is 0 Å². The molecule has 92 valence electrons. The fourth-order valence-corrected chi connectivity index (χ4v) is 2.44. The van der Waals surface area contributed by atoms with Crippen LogP contribution in [0.2, 0.25) is 0 Å². The Morgan fingerprint density at radius 3 is 2.53 bits per heavy atom. The van der Waals surface area contributed by atoms with Crippen LogP contribution in [-0.2, 0) is 0 Å². The van der Waals surface area contributed by atoms with Crippen LogP contribution in [0.15, 0.2) is 36.9 Å². The Morgan fingerprint density at radius 2 is 1.94 bits per heavy atom. The minimum Gasteiger partial charge on any atom is -0.314 e. The Hall–Kier alpha value is -1.12. The Kier molecular flexibility index (Phi) is 4.35. The van der Waals surface area contributed by atoms with Crippen LogP contribution in [0.5, 0.6) is 0 Å². The third kappa shape index (κ3) is 3.18. The molecule has 0 aromatic heterocycles. The van der Waals surface area contributed by atoms with Gasteiger partial charge < -0.3 is 5.32 Å². The summed E-state index contributed by atoms with van der Waals surface area (Å²) in [5.41, 5.74) is 2.74. The third-order valence-corrected chi connectivity index (χ3v) is 3.44. The first-order chi connectivity index (χ1) is 8.31. The van der Waals surface area contributed by atoms with E-state index in [0.717, 1.165) is 32.6 Å². The number of piperazine rings is 1. The van der Waals surface area contributed by atoms with Crippen molar-refractivity contribution in [2.45, 2.75) is 19.4 Å². The fraction of sp³-hybridized carbons (Fsp3) is 0.467. The SMILES string of the molecule is C=CC[C@@H](c1ccc(C)cc1)N1CCNCC1. The van der Waals surface area contributed by atoms with Crippen LogP contribution >= 0.6 is 0 Å². The minimum absolute atomic E-state index is 0.496. The summed E-state index contributed by atoms with van der Waals surface area (Å²) >= 11 is 0. The highest BCUT2D eigenvalue weighted by molar-refractivity contribution is 5.24. The summed E-state index contributed by atoms with van der Waals surface area (Å²) in [6.07, 6.45) is 3.07. The Morgan fingerprint density at radius 1 is 1.29 bits per heavy atom. The van der Waals surface area contributed by atoms with Gasteiger partial charge in [0.1, 0.15) is 0 Å². The van der Waals surface area contributed by atoms with Crippen molar-refractivity contribution >= 4 is 0 Å². The molecule has 1 atom stereocenters. The minimum atomic E-state index is 0.496. The molecule has 1 aliphatic heterocycles. The van der Waals surface area contributed by atoms with E-state index in [1.165, 1.54) is 11.1 Å². The second-order valence-corrected chi connectivity index (χ2v) is 4.74. The average molecular weight is 230 g/mol. The zero-order valence-electron chi connectivity index (χ0n) is 10.7. The van der Waals surface area contributed by atoms with Crippen LogP contribution < -0.4 is 5.32 Å². The summed E-state index contributed by atoms with van der Waals surface area (Å²) < 4.78 is 0. The van der Waals surface area contributed by atoms with E-state index < -0.39 is 0 Å². The molecule has 0 bridgehead atoms. The molecule has 1 saturated heterocycles. The highest BCUT2D eigenvalue weighted by atomic mass is 15.2. The van der Waals surface area contributed by atoms with E-state index in [9.17, 15) is 0 Å². The van der Waals surface area contributed by atoms with Gasteiger partial charge in [-0.05, 0) is 18.9 Å². The van der Waals surface area contributed by atoms with E-state index in [1.807, 2.05) is 6.08 Å². The van der Waals surface area contributed by atoms with Gasteiger partial charge in [0.05, 0.1) is 0 Å². The molecule has 17 heavy (non-hydrogen) atoms. The second-order valence-electron chi connectivity index (χ2n) is 4.74. The van der Waals surface area contributed by atoms with Gasteiger partial charge in [-0.2, -0.15) is 0 Å². The van der Waals surface area contributed by atoms with Crippen LogP contribution in [0.4, 0.5) is 0 Å². The normalized spacial score (nSPS) is 18.9. The molecular weight excluding hydrogens is 208 g/mol. The second kappa shape index (κ2) is 5.99. The first-order valence-corrected chi connectivity index (χ1v) is 6.43. The van der Waals surface area contributed by atoms with E-state index in [-0.39, 0.29) is 0 Å². The number of hydrogen-bond acceptors (Lipinski definition) is 2. The van der Waals surface area contributed by atoms with E-state index in [0.29, 0.717) is 6.04 Å². The van der Waals surface area contributed by atoms with Crippen molar-refractivity contribution in [3.05, 3.63) is 48.0 Å². The molecule has 0 radical (unpaired) electrons. The summed E-state index contributed by atoms with van der Waals surface area (Å²) in [7, 11) is 0. The summed E-state index contributed by atoms with van der Waals surface area (Å²) in [6.45, 7) is 10.5. The smallest absolute Gasteiger partial charge is 0.0383 e. The molecule has 1 aliphatic rings. The van der Waals surface area contributed by atoms with Crippen molar-refractivity contribution in [2.24, 2.45) is 0 Å². The van der Waals surface area contributed by atoms with Crippen LogP contribution in [0, 0.1) is 6.92 Å². The van der Waals surface area contributed by atoms with Gasteiger partial charge in [0.15, 0.2) is 0 Å². The monoisotopic (exact) mass is 230 g/mol. The Labute approximate surface area is 104 Å².